The molecule has 2 aromatic heterocycles. The van der Waals surface area contributed by atoms with Gasteiger partial charge >= 0.3 is 0 Å². The van der Waals surface area contributed by atoms with E-state index in [0.29, 0.717) is 11.3 Å². The molecule has 144 valence electrons. The van der Waals surface area contributed by atoms with E-state index in [1.54, 1.807) is 0 Å². The van der Waals surface area contributed by atoms with Gasteiger partial charge in [-0.2, -0.15) is 5.10 Å². The highest BCUT2D eigenvalue weighted by Gasteiger charge is 2.29. The van der Waals surface area contributed by atoms with E-state index >= 15 is 0 Å². The van der Waals surface area contributed by atoms with Gasteiger partial charge in [0.2, 0.25) is 0 Å². The van der Waals surface area contributed by atoms with Gasteiger partial charge in [-0.15, -0.1) is 0 Å². The van der Waals surface area contributed by atoms with Gasteiger partial charge in [0.1, 0.15) is 5.69 Å². The summed E-state index contributed by atoms with van der Waals surface area (Å²) >= 11 is 0. The molecule has 0 saturated heterocycles. The average Bonchev–Trinajstić information content (AvgIpc) is 3.46. The Kier molecular flexibility index (Phi) is 4.10. The van der Waals surface area contributed by atoms with Crippen molar-refractivity contribution in [3.8, 4) is 0 Å². The number of halogens is 2. The molecule has 7 heteroatoms. The van der Waals surface area contributed by atoms with Crippen molar-refractivity contribution in [2.45, 2.75) is 50.5 Å². The molecule has 0 spiro atoms. The molecule has 0 aliphatic heterocycles. The molecule has 1 amide bonds. The van der Waals surface area contributed by atoms with E-state index in [-0.39, 0.29) is 29.3 Å². The van der Waals surface area contributed by atoms with Crippen LogP contribution in [0, 0.1) is 0 Å². The Morgan fingerprint density at radius 3 is 2.79 bits per heavy atom. The third kappa shape index (κ3) is 3.04. The van der Waals surface area contributed by atoms with Gasteiger partial charge in [0.25, 0.3) is 12.3 Å². The first-order valence-electron chi connectivity index (χ1n) is 9.67. The van der Waals surface area contributed by atoms with Crippen LogP contribution in [-0.2, 0) is 6.42 Å². The van der Waals surface area contributed by atoms with Crippen molar-refractivity contribution in [2.75, 3.05) is 0 Å². The summed E-state index contributed by atoms with van der Waals surface area (Å²) in [4.78, 5) is 17.3. The van der Waals surface area contributed by atoms with Crippen LogP contribution in [0.4, 0.5) is 8.78 Å². The molecule has 2 aliphatic carbocycles. The summed E-state index contributed by atoms with van der Waals surface area (Å²) in [7, 11) is 0. The topological polar surface area (TPSA) is 59.3 Å². The van der Waals surface area contributed by atoms with Gasteiger partial charge in [0, 0.05) is 17.7 Å². The number of nitrogens with zero attached hydrogens (tertiary/aromatic N) is 3. The quantitative estimate of drug-likeness (QED) is 0.730. The normalized spacial score (nSPS) is 19.0. The number of fused-ring (bicyclic) bond motifs is 2. The minimum Gasteiger partial charge on any atom is -0.344 e. The summed E-state index contributed by atoms with van der Waals surface area (Å²) in [6.45, 7) is 0. The van der Waals surface area contributed by atoms with Crippen molar-refractivity contribution in [1.29, 1.82) is 0 Å². The fourth-order valence-electron chi connectivity index (χ4n) is 4.01. The number of alkyl halides is 2. The Balaban J connectivity index is 1.46. The zero-order chi connectivity index (χ0) is 19.3. The van der Waals surface area contributed by atoms with E-state index in [4.69, 9.17) is 0 Å². The highest BCUT2D eigenvalue weighted by Crippen LogP contribution is 2.40. The first kappa shape index (κ1) is 17.3. The first-order valence-corrected chi connectivity index (χ1v) is 9.67. The minimum atomic E-state index is -2.68. The second kappa shape index (κ2) is 6.65. The van der Waals surface area contributed by atoms with Crippen LogP contribution in [0.2, 0.25) is 0 Å². The molecular formula is C21H20F2N4O. The van der Waals surface area contributed by atoms with Crippen molar-refractivity contribution in [1.82, 2.24) is 19.9 Å². The molecule has 0 radical (unpaired) electrons. The van der Waals surface area contributed by atoms with Crippen molar-refractivity contribution >= 4 is 11.6 Å². The molecular weight excluding hydrogens is 362 g/mol. The summed E-state index contributed by atoms with van der Waals surface area (Å²) < 4.78 is 28.1. The van der Waals surface area contributed by atoms with Crippen LogP contribution in [0.5, 0.6) is 0 Å². The Morgan fingerprint density at radius 2 is 2.00 bits per heavy atom. The second-order valence-electron chi connectivity index (χ2n) is 7.60. The number of hydrogen-bond acceptors (Lipinski definition) is 3. The predicted octanol–water partition coefficient (Wildman–Crippen LogP) is 4.35. The van der Waals surface area contributed by atoms with Crippen molar-refractivity contribution in [2.24, 2.45) is 0 Å². The number of carbonyl (C=O) groups is 1. The van der Waals surface area contributed by atoms with Gasteiger partial charge in [0.15, 0.2) is 11.3 Å². The lowest BCUT2D eigenvalue weighted by Gasteiger charge is -2.26. The molecule has 1 aromatic carbocycles. The molecule has 1 atom stereocenters. The van der Waals surface area contributed by atoms with Crippen molar-refractivity contribution in [3.63, 3.8) is 0 Å². The maximum Gasteiger partial charge on any atom is 0.280 e. The lowest BCUT2D eigenvalue weighted by molar-refractivity contribution is 0.0926. The van der Waals surface area contributed by atoms with Crippen LogP contribution in [0.3, 0.4) is 0 Å². The number of benzene rings is 1. The lowest BCUT2D eigenvalue weighted by atomic mass is 9.88. The number of carbonyl (C=O) groups excluding carboxylic acids is 1. The molecule has 1 saturated carbocycles. The predicted molar refractivity (Wildman–Crippen MR) is 99.5 cm³/mol. The van der Waals surface area contributed by atoms with Gasteiger partial charge in [-0.3, -0.25) is 4.79 Å². The van der Waals surface area contributed by atoms with E-state index in [0.717, 1.165) is 42.2 Å². The number of amides is 1. The molecule has 1 N–H and O–H groups in total. The molecule has 3 aromatic rings. The smallest absolute Gasteiger partial charge is 0.280 e. The van der Waals surface area contributed by atoms with Crippen LogP contribution in [0.15, 0.2) is 36.4 Å². The van der Waals surface area contributed by atoms with Gasteiger partial charge in [-0.25, -0.2) is 18.3 Å². The van der Waals surface area contributed by atoms with E-state index in [1.807, 2.05) is 18.2 Å². The zero-order valence-corrected chi connectivity index (χ0v) is 15.2. The molecule has 5 rings (SSSR count). The largest absolute Gasteiger partial charge is 0.344 e. The summed E-state index contributed by atoms with van der Waals surface area (Å²) in [6.07, 6.45) is 2.10. The van der Waals surface area contributed by atoms with Crippen molar-refractivity contribution < 1.29 is 13.6 Å². The highest BCUT2D eigenvalue weighted by atomic mass is 19.3. The summed E-state index contributed by atoms with van der Waals surface area (Å²) in [5.41, 5.74) is 3.22. The van der Waals surface area contributed by atoms with E-state index < -0.39 is 6.43 Å². The monoisotopic (exact) mass is 382 g/mol. The number of rotatable bonds is 4. The Hall–Kier alpha value is -2.83. The fraction of sp³-hybridized carbons (Fsp3) is 0.381. The maximum atomic E-state index is 13.5. The Labute approximate surface area is 160 Å². The van der Waals surface area contributed by atoms with E-state index in [1.165, 1.54) is 17.7 Å². The molecule has 1 fully saturated rings. The Bertz CT molecular complexity index is 1060. The molecule has 5 nitrogen and oxygen atoms in total. The molecule has 28 heavy (non-hydrogen) atoms. The third-order valence-corrected chi connectivity index (χ3v) is 5.60. The minimum absolute atomic E-state index is 0.0909. The van der Waals surface area contributed by atoms with E-state index in [9.17, 15) is 13.6 Å². The number of hydrogen-bond donors (Lipinski definition) is 1. The van der Waals surface area contributed by atoms with Gasteiger partial charge in [-0.05, 0) is 49.3 Å². The number of aryl methyl sites for hydroxylation is 1. The second-order valence-corrected chi connectivity index (χ2v) is 7.60. The summed E-state index contributed by atoms with van der Waals surface area (Å²) in [5, 5.41) is 7.16. The van der Waals surface area contributed by atoms with Crippen molar-refractivity contribution in [3.05, 3.63) is 64.6 Å². The maximum absolute atomic E-state index is 13.5. The molecule has 0 bridgehead atoms. The SMILES string of the molecule is O=C(N[C@@H]1CCCc2ccccc21)c1cc2nc(C3CC3)cc(C(F)F)n2n1. The standard InChI is InChI=1S/C21H20F2N4O/c22-20(23)18-10-16(13-8-9-13)24-19-11-17(26-27(18)19)21(28)25-15-7-3-5-12-4-1-2-6-14(12)15/h1-2,4,6,10-11,13,15,20H,3,5,7-9H2,(H,25,28)/t15-/m1/s1. The van der Waals surface area contributed by atoms with Crippen LogP contribution in [0.25, 0.3) is 5.65 Å². The van der Waals surface area contributed by atoms with Gasteiger partial charge in [0.05, 0.1) is 6.04 Å². The fourth-order valence-corrected chi connectivity index (χ4v) is 4.01. The van der Waals surface area contributed by atoms with Crippen LogP contribution < -0.4 is 5.32 Å². The Morgan fingerprint density at radius 1 is 1.18 bits per heavy atom. The summed E-state index contributed by atoms with van der Waals surface area (Å²) in [6, 6.07) is 10.9. The first-order chi connectivity index (χ1) is 13.6. The van der Waals surface area contributed by atoms with Gasteiger partial charge < -0.3 is 5.32 Å². The van der Waals surface area contributed by atoms with Gasteiger partial charge in [-0.1, -0.05) is 24.3 Å². The highest BCUT2D eigenvalue weighted by molar-refractivity contribution is 5.93. The molecule has 2 aliphatic rings. The molecule has 2 heterocycles. The summed E-state index contributed by atoms with van der Waals surface area (Å²) in [5.74, 6) is -0.117. The van der Waals surface area contributed by atoms with E-state index in [2.05, 4.69) is 21.5 Å². The van der Waals surface area contributed by atoms with Crippen LogP contribution >= 0.6 is 0 Å². The number of nitrogens with one attached hydrogen (secondary N) is 1. The zero-order valence-electron chi connectivity index (χ0n) is 15.2. The van der Waals surface area contributed by atoms with Crippen LogP contribution in [0.1, 0.15) is 77.1 Å². The third-order valence-electron chi connectivity index (χ3n) is 5.60. The average molecular weight is 382 g/mol. The van der Waals surface area contributed by atoms with Crippen LogP contribution in [-0.4, -0.2) is 20.5 Å². The lowest BCUT2D eigenvalue weighted by Crippen LogP contribution is -2.31. The molecule has 0 unspecified atom stereocenters. The number of aromatic nitrogens is 3.